The van der Waals surface area contributed by atoms with Crippen LogP contribution in [0, 0.1) is 5.41 Å². The van der Waals surface area contributed by atoms with Crippen molar-refractivity contribution in [2.45, 2.75) is 65.3 Å². The Morgan fingerprint density at radius 1 is 1.30 bits per heavy atom. The first kappa shape index (κ1) is 15.1. The maximum Gasteiger partial charge on any atom is 0.134 e. The van der Waals surface area contributed by atoms with Crippen LogP contribution in [0.1, 0.15) is 58.7 Å². The molecule has 1 aromatic rings. The fourth-order valence-electron chi connectivity index (χ4n) is 2.98. The third-order valence-electron chi connectivity index (χ3n) is 4.47. The number of anilines is 2. The highest BCUT2D eigenvalue weighted by molar-refractivity contribution is 5.47. The van der Waals surface area contributed by atoms with E-state index in [1.54, 1.807) is 0 Å². The number of hydrogen-bond acceptors (Lipinski definition) is 4. The highest BCUT2D eigenvalue weighted by atomic mass is 15.2. The van der Waals surface area contributed by atoms with Gasteiger partial charge in [-0.15, -0.1) is 0 Å². The maximum atomic E-state index is 5.92. The number of nitrogen functional groups attached to an aromatic ring is 1. The van der Waals surface area contributed by atoms with E-state index in [9.17, 15) is 0 Å². The van der Waals surface area contributed by atoms with E-state index in [1.807, 2.05) is 6.07 Å². The van der Waals surface area contributed by atoms with Crippen LogP contribution < -0.4 is 10.6 Å². The summed E-state index contributed by atoms with van der Waals surface area (Å²) in [6.45, 7) is 6.87. The van der Waals surface area contributed by atoms with E-state index in [4.69, 9.17) is 5.73 Å². The van der Waals surface area contributed by atoms with Gasteiger partial charge in [-0.1, -0.05) is 20.8 Å². The summed E-state index contributed by atoms with van der Waals surface area (Å²) in [5.41, 5.74) is 6.42. The summed E-state index contributed by atoms with van der Waals surface area (Å²) < 4.78 is 0. The molecule has 0 amide bonds. The van der Waals surface area contributed by atoms with Crippen LogP contribution in [0.5, 0.6) is 0 Å². The Labute approximate surface area is 122 Å². The fraction of sp³-hybridized carbons (Fsp3) is 0.750. The van der Waals surface area contributed by atoms with Gasteiger partial charge in [-0.05, 0) is 37.5 Å². The van der Waals surface area contributed by atoms with Crippen LogP contribution in [0.4, 0.5) is 11.6 Å². The van der Waals surface area contributed by atoms with Crippen LogP contribution in [0.3, 0.4) is 0 Å². The zero-order valence-corrected chi connectivity index (χ0v) is 13.3. The van der Waals surface area contributed by atoms with Gasteiger partial charge in [0.15, 0.2) is 0 Å². The molecule has 0 spiro atoms. The second-order valence-corrected chi connectivity index (χ2v) is 6.82. The van der Waals surface area contributed by atoms with Crippen molar-refractivity contribution < 1.29 is 0 Å². The van der Waals surface area contributed by atoms with Crippen molar-refractivity contribution in [1.29, 1.82) is 0 Å². The van der Waals surface area contributed by atoms with Crippen LogP contribution >= 0.6 is 0 Å². The number of aryl methyl sites for hydroxylation is 1. The number of nitrogens with two attached hydrogens (primary N) is 1. The Balaban J connectivity index is 2.11. The largest absolute Gasteiger partial charge is 0.384 e. The minimum Gasteiger partial charge on any atom is -0.384 e. The molecule has 2 rings (SSSR count). The number of hydrogen-bond donors (Lipinski definition) is 1. The number of rotatable bonds is 4. The predicted octanol–water partition coefficient (Wildman–Crippen LogP) is 3.42. The third-order valence-corrected chi connectivity index (χ3v) is 4.47. The van der Waals surface area contributed by atoms with E-state index in [0.717, 1.165) is 24.5 Å². The van der Waals surface area contributed by atoms with Gasteiger partial charge in [0, 0.05) is 25.6 Å². The summed E-state index contributed by atoms with van der Waals surface area (Å²) in [6.07, 6.45) is 6.97. The van der Waals surface area contributed by atoms with Gasteiger partial charge in [0.25, 0.3) is 0 Å². The molecule has 0 unspecified atom stereocenters. The highest BCUT2D eigenvalue weighted by Crippen LogP contribution is 2.37. The summed E-state index contributed by atoms with van der Waals surface area (Å²) in [4.78, 5) is 11.3. The molecule has 0 atom stereocenters. The third kappa shape index (κ3) is 3.62. The molecule has 1 aliphatic rings. The van der Waals surface area contributed by atoms with Crippen LogP contribution in [-0.2, 0) is 6.42 Å². The van der Waals surface area contributed by atoms with E-state index in [-0.39, 0.29) is 0 Å². The van der Waals surface area contributed by atoms with Gasteiger partial charge < -0.3 is 10.6 Å². The Morgan fingerprint density at radius 3 is 2.55 bits per heavy atom. The molecule has 1 aliphatic carbocycles. The van der Waals surface area contributed by atoms with E-state index in [1.165, 1.54) is 25.7 Å². The first-order chi connectivity index (χ1) is 9.41. The normalized spacial score (nSPS) is 19.0. The Bertz CT molecular complexity index is 446. The summed E-state index contributed by atoms with van der Waals surface area (Å²) in [6, 6.07) is 2.48. The van der Waals surface area contributed by atoms with Crippen LogP contribution in [0.15, 0.2) is 6.07 Å². The summed E-state index contributed by atoms with van der Waals surface area (Å²) in [7, 11) is 2.14. The SMILES string of the molecule is CCCc1nc(N)cc(N(C)C2CCC(C)(C)CC2)n1. The van der Waals surface area contributed by atoms with Crippen LogP contribution in [0.2, 0.25) is 0 Å². The van der Waals surface area contributed by atoms with Crippen LogP contribution in [-0.4, -0.2) is 23.1 Å². The van der Waals surface area contributed by atoms with Gasteiger partial charge in [0.1, 0.15) is 17.5 Å². The van der Waals surface area contributed by atoms with Crippen molar-refractivity contribution in [3.63, 3.8) is 0 Å². The van der Waals surface area contributed by atoms with Crippen LogP contribution in [0.25, 0.3) is 0 Å². The van der Waals surface area contributed by atoms with E-state index in [0.29, 0.717) is 17.3 Å². The zero-order chi connectivity index (χ0) is 14.8. The molecular formula is C16H28N4. The molecule has 112 valence electrons. The number of aromatic nitrogens is 2. The molecule has 0 radical (unpaired) electrons. The smallest absolute Gasteiger partial charge is 0.134 e. The van der Waals surface area contributed by atoms with Gasteiger partial charge in [0.05, 0.1) is 0 Å². The van der Waals surface area contributed by atoms with Crippen molar-refractivity contribution in [1.82, 2.24) is 9.97 Å². The van der Waals surface area contributed by atoms with Crippen molar-refractivity contribution in [3.05, 3.63) is 11.9 Å². The Hall–Kier alpha value is -1.32. The molecule has 0 bridgehead atoms. The lowest BCUT2D eigenvalue weighted by atomic mass is 9.75. The van der Waals surface area contributed by atoms with Gasteiger partial charge in [-0.2, -0.15) is 0 Å². The maximum absolute atomic E-state index is 5.92. The molecule has 20 heavy (non-hydrogen) atoms. The van der Waals surface area contributed by atoms with Gasteiger partial charge in [-0.25, -0.2) is 9.97 Å². The van der Waals surface area contributed by atoms with Gasteiger partial charge in [-0.3, -0.25) is 0 Å². The second-order valence-electron chi connectivity index (χ2n) is 6.82. The fourth-order valence-corrected chi connectivity index (χ4v) is 2.98. The van der Waals surface area contributed by atoms with Gasteiger partial charge >= 0.3 is 0 Å². The first-order valence-electron chi connectivity index (χ1n) is 7.77. The lowest BCUT2D eigenvalue weighted by Crippen LogP contribution is -2.37. The molecule has 0 aliphatic heterocycles. The van der Waals surface area contributed by atoms with Crippen molar-refractivity contribution in [2.24, 2.45) is 5.41 Å². The topological polar surface area (TPSA) is 55.0 Å². The summed E-state index contributed by atoms with van der Waals surface area (Å²) in [5, 5.41) is 0. The predicted molar refractivity (Wildman–Crippen MR) is 84.9 cm³/mol. The monoisotopic (exact) mass is 276 g/mol. The Kier molecular flexibility index (Phi) is 4.51. The summed E-state index contributed by atoms with van der Waals surface area (Å²) >= 11 is 0. The quantitative estimate of drug-likeness (QED) is 0.915. The molecule has 4 heteroatoms. The Morgan fingerprint density at radius 2 is 1.95 bits per heavy atom. The lowest BCUT2D eigenvalue weighted by molar-refractivity contribution is 0.222. The van der Waals surface area contributed by atoms with E-state index < -0.39 is 0 Å². The lowest BCUT2D eigenvalue weighted by Gasteiger charge is -2.39. The molecule has 1 aromatic heterocycles. The minimum absolute atomic E-state index is 0.495. The molecule has 1 fully saturated rings. The standard InChI is InChI=1S/C16H28N4/c1-5-6-14-18-13(17)11-15(19-14)20(4)12-7-9-16(2,3)10-8-12/h11-12H,5-10H2,1-4H3,(H2,17,18,19). The van der Waals surface area contributed by atoms with E-state index >= 15 is 0 Å². The van der Waals surface area contributed by atoms with Crippen molar-refractivity contribution >= 4 is 11.6 Å². The average molecular weight is 276 g/mol. The second kappa shape index (κ2) is 5.98. The first-order valence-corrected chi connectivity index (χ1v) is 7.77. The molecular weight excluding hydrogens is 248 g/mol. The number of nitrogens with zero attached hydrogens (tertiary/aromatic N) is 3. The average Bonchev–Trinajstić information content (AvgIpc) is 2.37. The van der Waals surface area contributed by atoms with Gasteiger partial charge in [0.2, 0.25) is 0 Å². The zero-order valence-electron chi connectivity index (χ0n) is 13.3. The van der Waals surface area contributed by atoms with Crippen molar-refractivity contribution in [2.75, 3.05) is 17.7 Å². The highest BCUT2D eigenvalue weighted by Gasteiger charge is 2.29. The minimum atomic E-state index is 0.495. The molecule has 2 N–H and O–H groups in total. The molecule has 1 heterocycles. The van der Waals surface area contributed by atoms with E-state index in [2.05, 4.69) is 42.7 Å². The molecule has 0 aromatic carbocycles. The van der Waals surface area contributed by atoms with Crippen molar-refractivity contribution in [3.8, 4) is 0 Å². The molecule has 0 saturated heterocycles. The summed E-state index contributed by atoms with van der Waals surface area (Å²) in [5.74, 6) is 2.43. The molecule has 4 nitrogen and oxygen atoms in total. The molecule has 1 saturated carbocycles.